The molecule has 1 heterocycles. The van der Waals surface area contributed by atoms with Crippen molar-refractivity contribution < 1.29 is 9.53 Å². The fourth-order valence-corrected chi connectivity index (χ4v) is 3.32. The highest BCUT2D eigenvalue weighted by Crippen LogP contribution is 2.28. The van der Waals surface area contributed by atoms with Crippen LogP contribution < -0.4 is 15.0 Å². The van der Waals surface area contributed by atoms with Gasteiger partial charge in [0, 0.05) is 31.7 Å². The number of aryl methyl sites for hydroxylation is 1. The molecule has 5 nitrogen and oxygen atoms in total. The fourth-order valence-electron chi connectivity index (χ4n) is 3.32. The summed E-state index contributed by atoms with van der Waals surface area (Å²) in [6.45, 7) is 9.28. The standard InChI is InChI=1S/C21H27N3O2/c1-4-23-11-13-24(14-12-23)19-8-6-5-7-18(19)22-21(25)17-10-9-16(2)20(15-17)26-3/h5-10,15H,4,11-14H2,1-3H3,(H,22,25). The van der Waals surface area contributed by atoms with Crippen LogP contribution >= 0.6 is 0 Å². The first-order valence-electron chi connectivity index (χ1n) is 9.14. The van der Waals surface area contributed by atoms with Crippen molar-refractivity contribution >= 4 is 17.3 Å². The zero-order chi connectivity index (χ0) is 18.5. The fraction of sp³-hybridized carbons (Fsp3) is 0.381. The average Bonchev–Trinajstić information content (AvgIpc) is 2.69. The van der Waals surface area contributed by atoms with E-state index in [4.69, 9.17) is 4.74 Å². The first kappa shape index (κ1) is 18.3. The third-order valence-electron chi connectivity index (χ3n) is 4.98. The van der Waals surface area contributed by atoms with Crippen molar-refractivity contribution in [1.29, 1.82) is 0 Å². The molecule has 0 spiro atoms. The molecule has 1 aliphatic heterocycles. The van der Waals surface area contributed by atoms with Gasteiger partial charge in [0.2, 0.25) is 0 Å². The van der Waals surface area contributed by atoms with Crippen LogP contribution in [-0.4, -0.2) is 50.6 Å². The molecule has 0 bridgehead atoms. The van der Waals surface area contributed by atoms with Crippen LogP contribution in [0.1, 0.15) is 22.8 Å². The summed E-state index contributed by atoms with van der Waals surface area (Å²) in [5, 5.41) is 3.07. The monoisotopic (exact) mass is 353 g/mol. The Morgan fingerprint density at radius 2 is 1.85 bits per heavy atom. The number of carbonyl (C=O) groups excluding carboxylic acids is 1. The SMILES string of the molecule is CCN1CCN(c2ccccc2NC(=O)c2ccc(C)c(OC)c2)CC1. The molecule has 1 saturated heterocycles. The molecule has 2 aromatic rings. The molecule has 0 saturated carbocycles. The van der Waals surface area contributed by atoms with Crippen LogP contribution in [0.2, 0.25) is 0 Å². The lowest BCUT2D eigenvalue weighted by atomic mass is 10.1. The first-order chi connectivity index (χ1) is 12.6. The van der Waals surface area contributed by atoms with Crippen LogP contribution in [0.4, 0.5) is 11.4 Å². The summed E-state index contributed by atoms with van der Waals surface area (Å²) >= 11 is 0. The van der Waals surface area contributed by atoms with Gasteiger partial charge in [-0.05, 0) is 43.3 Å². The summed E-state index contributed by atoms with van der Waals surface area (Å²) in [5.74, 6) is 0.601. The van der Waals surface area contributed by atoms with E-state index in [2.05, 4.69) is 28.1 Å². The molecule has 0 aromatic heterocycles. The van der Waals surface area contributed by atoms with Gasteiger partial charge in [0.15, 0.2) is 0 Å². The molecule has 1 amide bonds. The third kappa shape index (κ3) is 3.99. The molecule has 26 heavy (non-hydrogen) atoms. The van der Waals surface area contributed by atoms with Crippen LogP contribution in [-0.2, 0) is 0 Å². The molecule has 0 atom stereocenters. The summed E-state index contributed by atoms with van der Waals surface area (Å²) in [7, 11) is 1.62. The Hall–Kier alpha value is -2.53. The Kier molecular flexibility index (Phi) is 5.78. The number of hydrogen-bond acceptors (Lipinski definition) is 4. The van der Waals surface area contributed by atoms with Crippen LogP contribution in [0.25, 0.3) is 0 Å². The highest BCUT2D eigenvalue weighted by Gasteiger charge is 2.19. The Bertz CT molecular complexity index is 768. The minimum Gasteiger partial charge on any atom is -0.496 e. The van der Waals surface area contributed by atoms with E-state index in [0.717, 1.165) is 55.4 Å². The molecule has 2 aromatic carbocycles. The molecular formula is C21H27N3O2. The molecule has 3 rings (SSSR count). The van der Waals surface area contributed by atoms with Gasteiger partial charge in [0.1, 0.15) is 5.75 Å². The zero-order valence-electron chi connectivity index (χ0n) is 15.8. The van der Waals surface area contributed by atoms with Crippen molar-refractivity contribution in [2.24, 2.45) is 0 Å². The second-order valence-corrected chi connectivity index (χ2v) is 6.58. The van der Waals surface area contributed by atoms with E-state index in [1.165, 1.54) is 0 Å². The van der Waals surface area contributed by atoms with Crippen molar-refractivity contribution in [3.63, 3.8) is 0 Å². The van der Waals surface area contributed by atoms with Crippen LogP contribution in [0, 0.1) is 6.92 Å². The van der Waals surface area contributed by atoms with Crippen molar-refractivity contribution in [2.45, 2.75) is 13.8 Å². The highest BCUT2D eigenvalue weighted by atomic mass is 16.5. The molecule has 1 N–H and O–H groups in total. The number of piperazine rings is 1. The van der Waals surface area contributed by atoms with Crippen LogP contribution in [0.3, 0.4) is 0 Å². The van der Waals surface area contributed by atoms with E-state index in [-0.39, 0.29) is 5.91 Å². The maximum Gasteiger partial charge on any atom is 0.255 e. The second kappa shape index (κ2) is 8.23. The van der Waals surface area contributed by atoms with Gasteiger partial charge in [-0.15, -0.1) is 0 Å². The Labute approximate surface area is 155 Å². The lowest BCUT2D eigenvalue weighted by Crippen LogP contribution is -2.46. The molecule has 1 fully saturated rings. The number of nitrogens with one attached hydrogen (secondary N) is 1. The number of nitrogens with zero attached hydrogens (tertiary/aromatic N) is 2. The predicted molar refractivity (Wildman–Crippen MR) is 106 cm³/mol. The Morgan fingerprint density at radius 3 is 2.54 bits per heavy atom. The maximum atomic E-state index is 12.7. The molecular weight excluding hydrogens is 326 g/mol. The minimum atomic E-state index is -0.122. The number of methoxy groups -OCH3 is 1. The van der Waals surface area contributed by atoms with E-state index in [1.807, 2.05) is 37.3 Å². The van der Waals surface area contributed by atoms with Gasteiger partial charge in [-0.25, -0.2) is 0 Å². The van der Waals surface area contributed by atoms with E-state index in [1.54, 1.807) is 13.2 Å². The lowest BCUT2D eigenvalue weighted by molar-refractivity contribution is 0.102. The number of ether oxygens (including phenoxy) is 1. The molecule has 138 valence electrons. The number of anilines is 2. The number of amides is 1. The Morgan fingerprint density at radius 1 is 1.12 bits per heavy atom. The van der Waals surface area contributed by atoms with Gasteiger partial charge in [-0.3, -0.25) is 4.79 Å². The lowest BCUT2D eigenvalue weighted by Gasteiger charge is -2.36. The molecule has 0 radical (unpaired) electrons. The van der Waals surface area contributed by atoms with Crippen molar-refractivity contribution in [3.05, 3.63) is 53.6 Å². The third-order valence-corrected chi connectivity index (χ3v) is 4.98. The number of hydrogen-bond donors (Lipinski definition) is 1. The van der Waals surface area contributed by atoms with Gasteiger partial charge in [0.05, 0.1) is 18.5 Å². The van der Waals surface area contributed by atoms with Gasteiger partial charge in [-0.1, -0.05) is 25.1 Å². The van der Waals surface area contributed by atoms with Crippen molar-refractivity contribution in [1.82, 2.24) is 4.90 Å². The maximum absolute atomic E-state index is 12.7. The van der Waals surface area contributed by atoms with Crippen LogP contribution in [0.5, 0.6) is 5.75 Å². The summed E-state index contributed by atoms with van der Waals surface area (Å²) < 4.78 is 5.33. The number of para-hydroxylation sites is 2. The second-order valence-electron chi connectivity index (χ2n) is 6.58. The average molecular weight is 353 g/mol. The molecule has 1 aliphatic rings. The van der Waals surface area contributed by atoms with Crippen molar-refractivity contribution in [2.75, 3.05) is 50.1 Å². The van der Waals surface area contributed by atoms with Gasteiger partial charge < -0.3 is 19.9 Å². The number of benzene rings is 2. The van der Waals surface area contributed by atoms with E-state index in [9.17, 15) is 4.79 Å². The summed E-state index contributed by atoms with van der Waals surface area (Å²) in [6, 6.07) is 13.5. The van der Waals surface area contributed by atoms with Gasteiger partial charge in [-0.2, -0.15) is 0 Å². The Balaban J connectivity index is 1.77. The predicted octanol–water partition coefficient (Wildman–Crippen LogP) is 3.40. The topological polar surface area (TPSA) is 44.8 Å². The largest absolute Gasteiger partial charge is 0.496 e. The number of rotatable bonds is 5. The van der Waals surface area contributed by atoms with E-state index >= 15 is 0 Å². The zero-order valence-corrected chi connectivity index (χ0v) is 15.8. The summed E-state index contributed by atoms with van der Waals surface area (Å²) in [6.07, 6.45) is 0. The molecule has 0 aliphatic carbocycles. The highest BCUT2D eigenvalue weighted by molar-refractivity contribution is 6.06. The number of carbonyl (C=O) groups is 1. The summed E-state index contributed by atoms with van der Waals surface area (Å²) in [4.78, 5) is 17.5. The van der Waals surface area contributed by atoms with Gasteiger partial charge >= 0.3 is 0 Å². The minimum absolute atomic E-state index is 0.122. The smallest absolute Gasteiger partial charge is 0.255 e. The van der Waals surface area contributed by atoms with E-state index < -0.39 is 0 Å². The molecule has 0 unspecified atom stereocenters. The molecule has 5 heteroatoms. The number of likely N-dealkylation sites (N-methyl/N-ethyl adjacent to an activating group) is 1. The van der Waals surface area contributed by atoms with Crippen molar-refractivity contribution in [3.8, 4) is 5.75 Å². The van der Waals surface area contributed by atoms with Gasteiger partial charge in [0.25, 0.3) is 5.91 Å². The van der Waals surface area contributed by atoms with E-state index in [0.29, 0.717) is 5.56 Å². The first-order valence-corrected chi connectivity index (χ1v) is 9.14. The quantitative estimate of drug-likeness (QED) is 0.895. The normalized spacial score (nSPS) is 15.0. The van der Waals surface area contributed by atoms with Crippen LogP contribution in [0.15, 0.2) is 42.5 Å². The summed E-state index contributed by atoms with van der Waals surface area (Å²) in [5.41, 5.74) is 3.54.